The number of ether oxygens (including phenoxy) is 10. The number of hydrogen-bond donors (Lipinski definition) is 2. The first-order chi connectivity index (χ1) is 23.4. The van der Waals surface area contributed by atoms with Crippen molar-refractivity contribution in [3.8, 4) is 28.7 Å². The van der Waals surface area contributed by atoms with Gasteiger partial charge in [-0.1, -0.05) is 30.3 Å². The molecule has 4 heterocycles. The molecule has 5 aliphatic rings. The molecule has 10 atom stereocenters. The fraction of sp³-hybridized carbons (Fsp3) is 0.457. The smallest absolute Gasteiger partial charge is 0.310 e. The highest BCUT2D eigenvalue weighted by atomic mass is 16.8. The minimum Gasteiger partial charge on any atom is -0.493 e. The maximum Gasteiger partial charge on any atom is 0.310 e. The van der Waals surface area contributed by atoms with Crippen LogP contribution in [0.2, 0.25) is 0 Å². The maximum atomic E-state index is 13.6. The Morgan fingerprint density at radius 3 is 2.17 bits per heavy atom. The summed E-state index contributed by atoms with van der Waals surface area (Å²) in [6, 6.07) is 16.7. The molecule has 0 spiro atoms. The van der Waals surface area contributed by atoms with Crippen LogP contribution in [0.5, 0.6) is 28.7 Å². The molecule has 2 N–H and O–H groups in total. The van der Waals surface area contributed by atoms with Crippen LogP contribution in [-0.4, -0.2) is 88.2 Å². The van der Waals surface area contributed by atoms with Crippen LogP contribution in [0.25, 0.3) is 0 Å². The monoisotopic (exact) mass is 664 g/mol. The first-order valence-corrected chi connectivity index (χ1v) is 15.8. The molecule has 0 radical (unpaired) electrons. The van der Waals surface area contributed by atoms with Gasteiger partial charge in [0.05, 0.1) is 46.6 Å². The fourth-order valence-corrected chi connectivity index (χ4v) is 7.58. The van der Waals surface area contributed by atoms with Crippen LogP contribution in [0.3, 0.4) is 0 Å². The van der Waals surface area contributed by atoms with Gasteiger partial charge in [-0.2, -0.15) is 0 Å². The molecule has 3 aromatic carbocycles. The Kier molecular flexibility index (Phi) is 8.06. The Hall–Kier alpha value is -4.11. The molecule has 48 heavy (non-hydrogen) atoms. The summed E-state index contributed by atoms with van der Waals surface area (Å²) < 4.78 is 58.9. The summed E-state index contributed by atoms with van der Waals surface area (Å²) in [6.45, 7) is 0.202. The molecule has 3 fully saturated rings. The Morgan fingerprint density at radius 2 is 1.48 bits per heavy atom. The first kappa shape index (κ1) is 31.2. The van der Waals surface area contributed by atoms with E-state index in [9.17, 15) is 15.0 Å². The lowest BCUT2D eigenvalue weighted by molar-refractivity contribution is -0.369. The van der Waals surface area contributed by atoms with Crippen molar-refractivity contribution < 1.29 is 62.4 Å². The number of esters is 1. The van der Waals surface area contributed by atoms with Gasteiger partial charge >= 0.3 is 5.97 Å². The van der Waals surface area contributed by atoms with Gasteiger partial charge in [-0.05, 0) is 41.0 Å². The van der Waals surface area contributed by atoms with E-state index in [0.29, 0.717) is 34.3 Å². The molecule has 8 rings (SSSR count). The summed E-state index contributed by atoms with van der Waals surface area (Å²) >= 11 is 0. The summed E-state index contributed by atoms with van der Waals surface area (Å²) in [5.41, 5.74) is 2.95. The van der Waals surface area contributed by atoms with Crippen molar-refractivity contribution in [1.29, 1.82) is 0 Å². The van der Waals surface area contributed by atoms with Gasteiger partial charge in [-0.15, -0.1) is 0 Å². The van der Waals surface area contributed by atoms with Gasteiger partial charge in [0.2, 0.25) is 12.5 Å². The zero-order chi connectivity index (χ0) is 33.1. The maximum absolute atomic E-state index is 13.6. The molecule has 0 bridgehead atoms. The number of methoxy groups -OCH3 is 3. The van der Waals surface area contributed by atoms with Crippen molar-refractivity contribution in [1.82, 2.24) is 0 Å². The summed E-state index contributed by atoms with van der Waals surface area (Å²) in [7, 11) is 4.59. The molecule has 13 nitrogen and oxygen atoms in total. The standard InChI is InChI=1S/C35H36O13/c1-39-23-9-17(10-24(40-2)31(23)41-3)26-18-11-21-22(45-15-44-21)12-19(18)30(20-13-42-33(38)27(20)26)47-35-29(37)28(36)32-25(46-35)14-43-34(48-32)16-7-5-4-6-8-16/h4-12,20,25-30,32,34-37H,13-15H2,1-3H3/t20?,25-,26-,27+,28-,29-,30+,32-,34?,35+/m1/s1. The van der Waals surface area contributed by atoms with Crippen molar-refractivity contribution in [2.75, 3.05) is 41.3 Å². The van der Waals surface area contributed by atoms with Gasteiger partial charge in [0.1, 0.15) is 24.4 Å². The number of carbonyl (C=O) groups is 1. The highest BCUT2D eigenvalue weighted by Crippen LogP contribution is 2.57. The van der Waals surface area contributed by atoms with E-state index in [1.807, 2.05) is 54.6 Å². The lowest BCUT2D eigenvalue weighted by Gasteiger charge is -2.48. The summed E-state index contributed by atoms with van der Waals surface area (Å²) in [4.78, 5) is 13.6. The number of carbonyl (C=O) groups excluding carboxylic acids is 1. The second-order valence-electron chi connectivity index (χ2n) is 12.3. The topological polar surface area (TPSA) is 150 Å². The predicted molar refractivity (Wildman–Crippen MR) is 163 cm³/mol. The summed E-state index contributed by atoms with van der Waals surface area (Å²) in [5, 5.41) is 22.6. The number of aliphatic hydroxyl groups excluding tert-OH is 2. The number of fused-ring (bicyclic) bond motifs is 4. The van der Waals surface area contributed by atoms with Crippen LogP contribution < -0.4 is 23.7 Å². The van der Waals surface area contributed by atoms with E-state index in [2.05, 4.69) is 0 Å². The van der Waals surface area contributed by atoms with Crippen molar-refractivity contribution >= 4 is 5.97 Å². The third-order valence-electron chi connectivity index (χ3n) is 9.85. The number of benzene rings is 3. The van der Waals surface area contributed by atoms with Crippen molar-refractivity contribution in [3.05, 3.63) is 76.9 Å². The Labute approximate surface area is 276 Å². The molecule has 1 aliphatic carbocycles. The summed E-state index contributed by atoms with van der Waals surface area (Å²) in [5.74, 6) is 0.203. The molecular formula is C35H36O13. The molecule has 0 saturated carbocycles. The molecule has 13 heteroatoms. The van der Waals surface area contributed by atoms with E-state index in [1.54, 1.807) is 0 Å². The largest absolute Gasteiger partial charge is 0.493 e. The molecule has 3 aromatic rings. The van der Waals surface area contributed by atoms with Gasteiger partial charge < -0.3 is 57.6 Å². The van der Waals surface area contributed by atoms with E-state index in [-0.39, 0.29) is 20.0 Å². The zero-order valence-electron chi connectivity index (χ0n) is 26.5. The SMILES string of the molecule is COc1cc([C@@H]2c3cc4c(cc3[C@H](O[C@@H]3O[C@@H]5COC(c6ccccc6)O[C@H]5[C@H](O)[C@H]3O)C3COC(=O)[C@@H]32)OCO4)cc(OC)c1OC. The summed E-state index contributed by atoms with van der Waals surface area (Å²) in [6.07, 6.45) is -7.19. The van der Waals surface area contributed by atoms with Gasteiger partial charge in [-0.25, -0.2) is 0 Å². The Morgan fingerprint density at radius 1 is 0.771 bits per heavy atom. The van der Waals surface area contributed by atoms with Crippen LogP contribution in [-0.2, 0) is 28.5 Å². The van der Waals surface area contributed by atoms with Crippen molar-refractivity contribution in [3.63, 3.8) is 0 Å². The van der Waals surface area contributed by atoms with E-state index < -0.39 is 66.8 Å². The van der Waals surface area contributed by atoms with E-state index in [0.717, 1.165) is 16.7 Å². The average molecular weight is 665 g/mol. The molecule has 254 valence electrons. The van der Waals surface area contributed by atoms with Gasteiger partial charge in [-0.3, -0.25) is 4.79 Å². The van der Waals surface area contributed by atoms with Gasteiger partial charge in [0, 0.05) is 17.4 Å². The normalized spacial score (nSPS) is 33.2. The lowest BCUT2D eigenvalue weighted by Crippen LogP contribution is -2.62. The molecule has 0 amide bonds. The van der Waals surface area contributed by atoms with Crippen molar-refractivity contribution in [2.24, 2.45) is 11.8 Å². The lowest BCUT2D eigenvalue weighted by atomic mass is 9.66. The average Bonchev–Trinajstić information content (AvgIpc) is 3.75. The molecule has 3 saturated heterocycles. The minimum atomic E-state index is -1.47. The first-order valence-electron chi connectivity index (χ1n) is 15.8. The van der Waals surface area contributed by atoms with Crippen molar-refractivity contribution in [2.45, 2.75) is 49.0 Å². The number of rotatable bonds is 7. The quantitative estimate of drug-likeness (QED) is 0.357. The number of aliphatic hydroxyl groups is 2. The second-order valence-corrected chi connectivity index (χ2v) is 12.3. The van der Waals surface area contributed by atoms with E-state index >= 15 is 0 Å². The Balaban J connectivity index is 1.15. The highest BCUT2D eigenvalue weighted by Gasteiger charge is 2.56. The molecule has 0 aromatic heterocycles. The third kappa shape index (κ3) is 5.04. The molecule has 2 unspecified atom stereocenters. The highest BCUT2D eigenvalue weighted by molar-refractivity contribution is 5.79. The molecule has 4 aliphatic heterocycles. The predicted octanol–water partition coefficient (Wildman–Crippen LogP) is 2.99. The zero-order valence-corrected chi connectivity index (χ0v) is 26.5. The number of hydrogen-bond acceptors (Lipinski definition) is 13. The fourth-order valence-electron chi connectivity index (χ4n) is 7.58. The van der Waals surface area contributed by atoms with E-state index in [4.69, 9.17) is 47.4 Å². The van der Waals surface area contributed by atoms with Crippen LogP contribution in [0, 0.1) is 11.8 Å². The number of cyclic esters (lactones) is 1. The van der Waals surface area contributed by atoms with E-state index in [1.165, 1.54) is 21.3 Å². The van der Waals surface area contributed by atoms with Crippen LogP contribution in [0.15, 0.2) is 54.6 Å². The molecular weight excluding hydrogens is 628 g/mol. The van der Waals surface area contributed by atoms with Crippen LogP contribution in [0.4, 0.5) is 0 Å². The Bertz CT molecular complexity index is 1650. The van der Waals surface area contributed by atoms with Gasteiger partial charge in [0.25, 0.3) is 0 Å². The van der Waals surface area contributed by atoms with Gasteiger partial charge in [0.15, 0.2) is 35.6 Å². The third-order valence-corrected chi connectivity index (χ3v) is 9.85. The second kappa shape index (κ2) is 12.4. The van der Waals surface area contributed by atoms with Crippen LogP contribution >= 0.6 is 0 Å². The minimum absolute atomic E-state index is 0.0389. The van der Waals surface area contributed by atoms with Crippen LogP contribution in [0.1, 0.15) is 40.6 Å².